The molecule has 0 radical (unpaired) electrons. The first-order valence-electron chi connectivity index (χ1n) is 6.50. The second kappa shape index (κ2) is 7.63. The summed E-state index contributed by atoms with van der Waals surface area (Å²) in [6, 6.07) is 6.19. The Morgan fingerprint density at radius 3 is 2.62 bits per heavy atom. The summed E-state index contributed by atoms with van der Waals surface area (Å²) in [5, 5.41) is 3.32. The van der Waals surface area contributed by atoms with Gasteiger partial charge in [0.25, 0.3) is 0 Å². The molecule has 114 valence electrons. The summed E-state index contributed by atoms with van der Waals surface area (Å²) >= 11 is 3.14. The van der Waals surface area contributed by atoms with Crippen molar-refractivity contribution in [2.75, 3.05) is 27.0 Å². The van der Waals surface area contributed by atoms with Gasteiger partial charge in [-0.05, 0) is 43.2 Å². The van der Waals surface area contributed by atoms with Crippen LogP contribution in [0, 0.1) is 6.92 Å². The average molecular weight is 325 g/mol. The number of nitrogens with zero attached hydrogens (tertiary/aromatic N) is 2. The Morgan fingerprint density at radius 2 is 2.05 bits per heavy atom. The lowest BCUT2D eigenvalue weighted by molar-refractivity contribution is 0.354. The predicted molar refractivity (Wildman–Crippen MR) is 86.7 cm³/mol. The Morgan fingerprint density at radius 1 is 1.29 bits per heavy atom. The SMILES string of the molecule is CNC(CSc1nc(C)ns1)c1ccc(OC)c(OC)c1. The summed E-state index contributed by atoms with van der Waals surface area (Å²) in [7, 11) is 5.24. The summed E-state index contributed by atoms with van der Waals surface area (Å²) in [4.78, 5) is 4.37. The van der Waals surface area contributed by atoms with Crippen molar-refractivity contribution in [3.05, 3.63) is 29.6 Å². The van der Waals surface area contributed by atoms with Crippen molar-refractivity contribution in [1.29, 1.82) is 0 Å². The van der Waals surface area contributed by atoms with E-state index in [2.05, 4.69) is 20.7 Å². The molecule has 0 bridgehead atoms. The van der Waals surface area contributed by atoms with E-state index in [1.54, 1.807) is 26.0 Å². The standard InChI is InChI=1S/C14H19N3O2S2/c1-9-16-14(21-17-9)20-8-11(15-2)10-5-6-12(18-3)13(7-10)19-4/h5-7,11,15H,8H2,1-4H3. The Kier molecular flexibility index (Phi) is 5.84. The van der Waals surface area contributed by atoms with Crippen LogP contribution in [0.2, 0.25) is 0 Å². The summed E-state index contributed by atoms with van der Waals surface area (Å²) in [6.07, 6.45) is 0. The number of hydrogen-bond donors (Lipinski definition) is 1. The maximum atomic E-state index is 5.36. The van der Waals surface area contributed by atoms with Crippen molar-refractivity contribution in [2.24, 2.45) is 0 Å². The van der Waals surface area contributed by atoms with Crippen LogP contribution in [0.4, 0.5) is 0 Å². The highest BCUT2D eigenvalue weighted by Gasteiger charge is 2.14. The number of aromatic nitrogens is 2. The molecule has 1 unspecified atom stereocenters. The second-order valence-electron chi connectivity index (χ2n) is 4.37. The van der Waals surface area contributed by atoms with E-state index in [4.69, 9.17) is 9.47 Å². The zero-order valence-electron chi connectivity index (χ0n) is 12.5. The number of thioether (sulfide) groups is 1. The largest absolute Gasteiger partial charge is 0.493 e. The molecule has 1 atom stereocenters. The Hall–Kier alpha value is -1.31. The van der Waals surface area contributed by atoms with Crippen LogP contribution in [0.15, 0.2) is 22.5 Å². The van der Waals surface area contributed by atoms with Crippen molar-refractivity contribution in [3.63, 3.8) is 0 Å². The van der Waals surface area contributed by atoms with Crippen molar-refractivity contribution in [3.8, 4) is 11.5 Å². The molecule has 0 saturated heterocycles. The topological polar surface area (TPSA) is 56.3 Å². The summed E-state index contributed by atoms with van der Waals surface area (Å²) in [5.74, 6) is 3.19. The molecule has 2 rings (SSSR count). The third kappa shape index (κ3) is 4.09. The van der Waals surface area contributed by atoms with Crippen molar-refractivity contribution in [2.45, 2.75) is 17.3 Å². The number of nitrogens with one attached hydrogen (secondary N) is 1. The quantitative estimate of drug-likeness (QED) is 0.790. The van der Waals surface area contributed by atoms with Crippen LogP contribution in [-0.4, -0.2) is 36.4 Å². The predicted octanol–water partition coefficient (Wildman–Crippen LogP) is 2.92. The summed E-state index contributed by atoms with van der Waals surface area (Å²) in [6.45, 7) is 1.91. The maximum Gasteiger partial charge on any atom is 0.170 e. The Balaban J connectivity index is 2.09. The molecular weight excluding hydrogens is 306 g/mol. The lowest BCUT2D eigenvalue weighted by atomic mass is 10.1. The fourth-order valence-electron chi connectivity index (χ4n) is 1.91. The smallest absolute Gasteiger partial charge is 0.170 e. The van der Waals surface area contributed by atoms with Crippen LogP contribution in [0.25, 0.3) is 0 Å². The molecule has 7 heteroatoms. The lowest BCUT2D eigenvalue weighted by Gasteiger charge is -2.17. The average Bonchev–Trinajstić information content (AvgIpc) is 2.93. The van der Waals surface area contributed by atoms with E-state index in [0.717, 1.165) is 33.0 Å². The highest BCUT2D eigenvalue weighted by molar-refractivity contribution is 8.00. The van der Waals surface area contributed by atoms with Crippen LogP contribution >= 0.6 is 23.3 Å². The number of benzene rings is 1. The van der Waals surface area contributed by atoms with Gasteiger partial charge in [0.1, 0.15) is 5.82 Å². The van der Waals surface area contributed by atoms with E-state index >= 15 is 0 Å². The van der Waals surface area contributed by atoms with E-state index in [9.17, 15) is 0 Å². The Bertz CT molecular complexity index is 589. The molecule has 1 heterocycles. The molecule has 0 amide bonds. The first-order valence-corrected chi connectivity index (χ1v) is 8.26. The number of aryl methyl sites for hydroxylation is 1. The zero-order chi connectivity index (χ0) is 15.2. The third-order valence-corrected chi connectivity index (χ3v) is 5.06. The van der Waals surface area contributed by atoms with Crippen LogP contribution in [-0.2, 0) is 0 Å². The van der Waals surface area contributed by atoms with Gasteiger partial charge in [-0.2, -0.15) is 4.37 Å². The summed E-state index contributed by atoms with van der Waals surface area (Å²) in [5.41, 5.74) is 1.16. The zero-order valence-corrected chi connectivity index (χ0v) is 14.2. The molecule has 0 aliphatic rings. The fraction of sp³-hybridized carbons (Fsp3) is 0.429. The minimum Gasteiger partial charge on any atom is -0.493 e. The number of methoxy groups -OCH3 is 2. The van der Waals surface area contributed by atoms with Crippen molar-refractivity contribution >= 4 is 23.3 Å². The van der Waals surface area contributed by atoms with Gasteiger partial charge in [0.15, 0.2) is 15.8 Å². The van der Waals surface area contributed by atoms with E-state index < -0.39 is 0 Å². The highest BCUT2D eigenvalue weighted by atomic mass is 32.2. The van der Waals surface area contributed by atoms with Crippen molar-refractivity contribution < 1.29 is 9.47 Å². The summed E-state index contributed by atoms with van der Waals surface area (Å²) < 4.78 is 15.8. The first-order chi connectivity index (χ1) is 10.2. The van der Waals surface area contributed by atoms with Gasteiger partial charge >= 0.3 is 0 Å². The normalized spacial score (nSPS) is 12.2. The highest BCUT2D eigenvalue weighted by Crippen LogP contribution is 2.32. The lowest BCUT2D eigenvalue weighted by Crippen LogP contribution is -2.18. The van der Waals surface area contributed by atoms with Gasteiger partial charge in [0.05, 0.1) is 14.2 Å². The molecule has 0 spiro atoms. The van der Waals surface area contributed by atoms with E-state index in [1.165, 1.54) is 11.5 Å². The molecule has 5 nitrogen and oxygen atoms in total. The molecular formula is C14H19N3O2S2. The molecule has 21 heavy (non-hydrogen) atoms. The number of hydrogen-bond acceptors (Lipinski definition) is 7. The molecule has 0 aliphatic heterocycles. The fourth-order valence-corrected chi connectivity index (χ4v) is 3.72. The van der Waals surface area contributed by atoms with E-state index in [-0.39, 0.29) is 6.04 Å². The Labute approximate surface area is 133 Å². The minimum absolute atomic E-state index is 0.207. The van der Waals surface area contributed by atoms with Crippen LogP contribution in [0.1, 0.15) is 17.4 Å². The molecule has 1 aromatic heterocycles. The van der Waals surface area contributed by atoms with Gasteiger partial charge in [0.2, 0.25) is 0 Å². The monoisotopic (exact) mass is 325 g/mol. The third-order valence-electron chi connectivity index (χ3n) is 3.04. The van der Waals surface area contributed by atoms with Gasteiger partial charge in [-0.15, -0.1) is 0 Å². The van der Waals surface area contributed by atoms with Gasteiger partial charge in [-0.1, -0.05) is 17.8 Å². The molecule has 0 fully saturated rings. The minimum atomic E-state index is 0.207. The number of ether oxygens (including phenoxy) is 2. The van der Waals surface area contributed by atoms with Gasteiger partial charge in [0, 0.05) is 11.8 Å². The molecule has 2 aromatic rings. The molecule has 0 aliphatic carbocycles. The van der Waals surface area contributed by atoms with Gasteiger partial charge in [-0.25, -0.2) is 4.98 Å². The van der Waals surface area contributed by atoms with Crippen LogP contribution < -0.4 is 14.8 Å². The van der Waals surface area contributed by atoms with Crippen LogP contribution in [0.3, 0.4) is 0 Å². The van der Waals surface area contributed by atoms with Gasteiger partial charge < -0.3 is 14.8 Å². The van der Waals surface area contributed by atoms with Crippen molar-refractivity contribution in [1.82, 2.24) is 14.7 Å². The molecule has 1 aromatic carbocycles. The molecule has 0 saturated carbocycles. The number of rotatable bonds is 7. The second-order valence-corrected chi connectivity index (χ2v) is 6.39. The molecule has 1 N–H and O–H groups in total. The maximum absolute atomic E-state index is 5.36. The first kappa shape index (κ1) is 16.1. The van der Waals surface area contributed by atoms with Gasteiger partial charge in [-0.3, -0.25) is 0 Å². The van der Waals surface area contributed by atoms with Crippen LogP contribution in [0.5, 0.6) is 11.5 Å². The van der Waals surface area contributed by atoms with E-state index in [1.807, 2.05) is 26.1 Å². The van der Waals surface area contributed by atoms with E-state index in [0.29, 0.717) is 0 Å².